The standard InChI is InChI=1S/C23H23ClN2O5S/c1-23(2,28)16-12-20(31-13-16)32(29,30)26-22(27)25-21-18-5-3-4-14(18)8-11-19(21)15-6-9-17(24)10-7-15/h6-13,28H,3-5H2,1-2H3,(H2,25,26,27). The normalized spacial score (nSPS) is 13.6. The molecule has 7 nitrogen and oxygen atoms in total. The Morgan fingerprint density at radius 2 is 1.84 bits per heavy atom. The van der Waals surface area contributed by atoms with Gasteiger partial charge < -0.3 is 14.8 Å². The molecule has 2 aromatic carbocycles. The Hall–Kier alpha value is -2.81. The molecule has 3 N–H and O–H groups in total. The lowest BCUT2D eigenvalue weighted by Crippen LogP contribution is -2.34. The molecular weight excluding hydrogens is 452 g/mol. The smallest absolute Gasteiger partial charge is 0.333 e. The Labute approximate surface area is 191 Å². The van der Waals surface area contributed by atoms with Crippen LogP contribution in [0.25, 0.3) is 11.1 Å². The number of benzene rings is 2. The van der Waals surface area contributed by atoms with E-state index in [-0.39, 0.29) is 5.56 Å². The number of halogens is 1. The number of carbonyl (C=O) groups excluding carboxylic acids is 1. The summed E-state index contributed by atoms with van der Waals surface area (Å²) in [5, 5.41) is 12.9. The highest BCUT2D eigenvalue weighted by Gasteiger charge is 2.27. The van der Waals surface area contributed by atoms with Crippen LogP contribution in [0.2, 0.25) is 5.02 Å². The Kier molecular flexibility index (Phi) is 5.79. The first-order valence-corrected chi connectivity index (χ1v) is 12.0. The van der Waals surface area contributed by atoms with E-state index in [9.17, 15) is 18.3 Å². The third-order valence-electron chi connectivity index (χ3n) is 5.45. The van der Waals surface area contributed by atoms with Crippen molar-refractivity contribution in [1.29, 1.82) is 0 Å². The Morgan fingerprint density at radius 3 is 2.50 bits per heavy atom. The number of hydrogen-bond donors (Lipinski definition) is 3. The van der Waals surface area contributed by atoms with E-state index in [4.69, 9.17) is 16.0 Å². The van der Waals surface area contributed by atoms with Gasteiger partial charge in [0.2, 0.25) is 5.09 Å². The molecule has 1 aromatic heterocycles. The molecule has 0 radical (unpaired) electrons. The molecule has 0 saturated carbocycles. The van der Waals surface area contributed by atoms with Gasteiger partial charge in [0.25, 0.3) is 10.0 Å². The van der Waals surface area contributed by atoms with E-state index in [1.807, 2.05) is 29.0 Å². The number of furan rings is 1. The van der Waals surface area contributed by atoms with Gasteiger partial charge in [0.05, 0.1) is 17.6 Å². The lowest BCUT2D eigenvalue weighted by atomic mass is 9.97. The van der Waals surface area contributed by atoms with Gasteiger partial charge >= 0.3 is 6.03 Å². The van der Waals surface area contributed by atoms with Gasteiger partial charge in [0.1, 0.15) is 0 Å². The summed E-state index contributed by atoms with van der Waals surface area (Å²) in [6.45, 7) is 3.01. The predicted octanol–water partition coefficient (Wildman–Crippen LogP) is 4.83. The molecule has 1 aliphatic rings. The number of urea groups is 1. The third kappa shape index (κ3) is 4.53. The van der Waals surface area contributed by atoms with Gasteiger partial charge in [-0.05, 0) is 61.9 Å². The summed E-state index contributed by atoms with van der Waals surface area (Å²) in [5.41, 5.74) is 3.32. The van der Waals surface area contributed by atoms with Gasteiger partial charge in [-0.15, -0.1) is 0 Å². The fourth-order valence-electron chi connectivity index (χ4n) is 3.77. The van der Waals surface area contributed by atoms with Gasteiger partial charge in [-0.2, -0.15) is 8.42 Å². The van der Waals surface area contributed by atoms with Gasteiger partial charge in [-0.3, -0.25) is 0 Å². The molecule has 0 aliphatic heterocycles. The van der Waals surface area contributed by atoms with Crippen LogP contribution in [-0.2, 0) is 28.5 Å². The second kappa shape index (κ2) is 8.27. The fraction of sp³-hybridized carbons (Fsp3) is 0.261. The lowest BCUT2D eigenvalue weighted by Gasteiger charge is -2.16. The minimum Gasteiger partial charge on any atom is -0.451 e. The molecule has 0 unspecified atom stereocenters. The van der Waals surface area contributed by atoms with Gasteiger partial charge in [-0.25, -0.2) is 9.52 Å². The van der Waals surface area contributed by atoms with Crippen molar-refractivity contribution in [1.82, 2.24) is 4.72 Å². The quantitative estimate of drug-likeness (QED) is 0.491. The van der Waals surface area contributed by atoms with Crippen molar-refractivity contribution >= 4 is 33.3 Å². The minimum absolute atomic E-state index is 0.282. The number of fused-ring (bicyclic) bond motifs is 1. The molecule has 1 heterocycles. The van der Waals surface area contributed by atoms with Gasteiger partial charge in [0, 0.05) is 22.2 Å². The molecule has 168 valence electrons. The number of sulfonamides is 1. The Morgan fingerprint density at radius 1 is 1.12 bits per heavy atom. The summed E-state index contributed by atoms with van der Waals surface area (Å²) < 4.78 is 32.3. The molecule has 1 aliphatic carbocycles. The van der Waals surface area contributed by atoms with Crippen molar-refractivity contribution in [3.05, 3.63) is 70.4 Å². The SMILES string of the molecule is CC(C)(O)c1coc(S(=O)(=O)NC(=O)Nc2c(-c3ccc(Cl)cc3)ccc3c2CCC3)c1. The summed E-state index contributed by atoms with van der Waals surface area (Å²) in [4.78, 5) is 12.7. The summed E-state index contributed by atoms with van der Waals surface area (Å²) in [6.07, 6.45) is 3.79. The third-order valence-corrected chi connectivity index (χ3v) is 6.90. The highest BCUT2D eigenvalue weighted by Crippen LogP contribution is 2.38. The molecular formula is C23H23ClN2O5S. The summed E-state index contributed by atoms with van der Waals surface area (Å²) in [6, 6.07) is 11.5. The molecule has 0 saturated heterocycles. The van der Waals surface area contributed by atoms with Crippen molar-refractivity contribution in [2.24, 2.45) is 0 Å². The number of amides is 2. The summed E-state index contributed by atoms with van der Waals surface area (Å²) in [5.74, 6) is 0. The molecule has 0 spiro atoms. The maximum Gasteiger partial charge on any atom is 0.333 e. The van der Waals surface area contributed by atoms with Gasteiger partial charge in [-0.1, -0.05) is 35.9 Å². The molecule has 0 atom stereocenters. The van der Waals surface area contributed by atoms with Crippen molar-refractivity contribution in [3.8, 4) is 11.1 Å². The Bertz CT molecular complexity index is 1270. The van der Waals surface area contributed by atoms with Crippen LogP contribution < -0.4 is 10.0 Å². The molecule has 4 rings (SSSR count). The molecule has 2 amide bonds. The van der Waals surface area contributed by atoms with Crippen LogP contribution in [-0.4, -0.2) is 19.6 Å². The average Bonchev–Trinajstić information content (AvgIpc) is 3.38. The molecule has 9 heteroatoms. The number of aliphatic hydroxyl groups is 1. The zero-order chi connectivity index (χ0) is 23.1. The van der Waals surface area contributed by atoms with Crippen LogP contribution in [0.15, 0.2) is 58.2 Å². The van der Waals surface area contributed by atoms with E-state index in [0.717, 1.165) is 47.8 Å². The molecule has 0 fully saturated rings. The lowest BCUT2D eigenvalue weighted by molar-refractivity contribution is 0.0779. The van der Waals surface area contributed by atoms with E-state index in [2.05, 4.69) is 5.32 Å². The number of anilines is 1. The molecule has 0 bridgehead atoms. The van der Waals surface area contributed by atoms with Crippen LogP contribution >= 0.6 is 11.6 Å². The summed E-state index contributed by atoms with van der Waals surface area (Å²) >= 11 is 6.01. The average molecular weight is 475 g/mol. The van der Waals surface area contributed by atoms with E-state index in [1.165, 1.54) is 19.9 Å². The van der Waals surface area contributed by atoms with Crippen LogP contribution in [0, 0.1) is 0 Å². The zero-order valence-corrected chi connectivity index (χ0v) is 19.2. The van der Waals surface area contributed by atoms with Crippen LogP contribution in [0.1, 0.15) is 37.0 Å². The van der Waals surface area contributed by atoms with Crippen LogP contribution in [0.4, 0.5) is 10.5 Å². The zero-order valence-electron chi connectivity index (χ0n) is 17.6. The highest BCUT2D eigenvalue weighted by molar-refractivity contribution is 7.89. The van der Waals surface area contributed by atoms with E-state index < -0.39 is 26.7 Å². The van der Waals surface area contributed by atoms with Crippen LogP contribution in [0.3, 0.4) is 0 Å². The Balaban J connectivity index is 1.62. The first-order valence-electron chi connectivity index (χ1n) is 10.1. The van der Waals surface area contributed by atoms with E-state index in [0.29, 0.717) is 10.7 Å². The fourth-order valence-corrected chi connectivity index (χ4v) is 4.75. The number of carbonyl (C=O) groups is 1. The topological polar surface area (TPSA) is 109 Å². The van der Waals surface area contributed by atoms with E-state index >= 15 is 0 Å². The van der Waals surface area contributed by atoms with E-state index in [1.54, 1.807) is 12.1 Å². The maximum absolute atomic E-state index is 12.7. The second-order valence-corrected chi connectivity index (χ2v) is 10.3. The van der Waals surface area contributed by atoms with Gasteiger partial charge in [0.15, 0.2) is 0 Å². The van der Waals surface area contributed by atoms with Crippen molar-refractivity contribution in [2.45, 2.75) is 43.8 Å². The highest BCUT2D eigenvalue weighted by atomic mass is 35.5. The maximum atomic E-state index is 12.7. The van der Waals surface area contributed by atoms with Crippen molar-refractivity contribution in [3.63, 3.8) is 0 Å². The first-order chi connectivity index (χ1) is 15.0. The second-order valence-electron chi connectivity index (χ2n) is 8.26. The largest absolute Gasteiger partial charge is 0.451 e. The van der Waals surface area contributed by atoms with Crippen molar-refractivity contribution < 1.29 is 22.7 Å². The van der Waals surface area contributed by atoms with Crippen LogP contribution in [0.5, 0.6) is 0 Å². The number of hydrogen-bond acceptors (Lipinski definition) is 5. The van der Waals surface area contributed by atoms with Crippen molar-refractivity contribution in [2.75, 3.05) is 5.32 Å². The number of aryl methyl sites for hydroxylation is 1. The predicted molar refractivity (Wildman–Crippen MR) is 122 cm³/mol. The number of rotatable bonds is 5. The summed E-state index contributed by atoms with van der Waals surface area (Å²) in [7, 11) is -4.27. The first kappa shape index (κ1) is 22.4. The molecule has 3 aromatic rings. The monoisotopic (exact) mass is 474 g/mol. The minimum atomic E-state index is -4.27. The molecule has 32 heavy (non-hydrogen) atoms. The number of nitrogens with one attached hydrogen (secondary N) is 2.